The molecule has 0 saturated heterocycles. The van der Waals surface area contributed by atoms with Crippen LogP contribution in [0, 0.1) is 26.2 Å². The molecule has 0 bridgehead atoms. The Bertz CT molecular complexity index is 966. The van der Waals surface area contributed by atoms with E-state index in [0.717, 1.165) is 38.3 Å². The second-order valence-electron chi connectivity index (χ2n) is 5.14. The summed E-state index contributed by atoms with van der Waals surface area (Å²) >= 11 is 1.26. The second-order valence-corrected chi connectivity index (χ2v) is 6.13. The third kappa shape index (κ3) is 1.91. The molecular formula is C16H15N3OS. The lowest BCUT2D eigenvalue weighted by Gasteiger charge is -2.08. The lowest BCUT2D eigenvalue weighted by molar-refractivity contribution is 0.763. The summed E-state index contributed by atoms with van der Waals surface area (Å²) in [5, 5.41) is 4.42. The highest BCUT2D eigenvalue weighted by molar-refractivity contribution is 7.16. The molecule has 0 amide bonds. The number of aryl methyl sites for hydroxylation is 4. The molecule has 0 spiro atoms. The van der Waals surface area contributed by atoms with Gasteiger partial charge in [-0.05, 0) is 31.5 Å². The molecular weight excluding hydrogens is 282 g/mol. The normalized spacial score (nSPS) is 11.0. The molecule has 3 aromatic rings. The van der Waals surface area contributed by atoms with Crippen molar-refractivity contribution in [2.45, 2.75) is 13.8 Å². The molecule has 0 N–H and O–H groups in total. The summed E-state index contributed by atoms with van der Waals surface area (Å²) in [4.78, 5) is 11.9. The summed E-state index contributed by atoms with van der Waals surface area (Å²) in [5.74, 6) is 2.73. The van der Waals surface area contributed by atoms with Gasteiger partial charge in [-0.2, -0.15) is 5.10 Å². The van der Waals surface area contributed by atoms with Gasteiger partial charge in [0.25, 0.3) is 0 Å². The molecule has 2 aromatic heterocycles. The summed E-state index contributed by atoms with van der Waals surface area (Å²) in [6, 6.07) is 4.07. The zero-order chi connectivity index (χ0) is 15.3. The first-order chi connectivity index (χ1) is 9.93. The molecule has 21 heavy (non-hydrogen) atoms. The third-order valence-electron chi connectivity index (χ3n) is 3.76. The van der Waals surface area contributed by atoms with Crippen molar-refractivity contribution in [1.29, 1.82) is 0 Å². The molecule has 0 unspecified atom stereocenters. The van der Waals surface area contributed by atoms with Gasteiger partial charge >= 0.3 is 4.87 Å². The Morgan fingerprint density at radius 3 is 2.67 bits per heavy atom. The molecule has 3 rings (SSSR count). The van der Waals surface area contributed by atoms with Crippen molar-refractivity contribution in [2.75, 3.05) is 0 Å². The molecule has 5 heteroatoms. The summed E-state index contributed by atoms with van der Waals surface area (Å²) < 4.78 is 4.47. The van der Waals surface area contributed by atoms with Crippen molar-refractivity contribution in [1.82, 2.24) is 14.3 Å². The van der Waals surface area contributed by atoms with E-state index in [9.17, 15) is 4.79 Å². The number of aromatic nitrogens is 3. The van der Waals surface area contributed by atoms with Crippen LogP contribution < -0.4 is 4.87 Å². The van der Waals surface area contributed by atoms with Gasteiger partial charge < -0.3 is 4.57 Å². The number of hydrogen-bond acceptors (Lipinski definition) is 3. The van der Waals surface area contributed by atoms with Gasteiger partial charge in [0.05, 0.1) is 27.2 Å². The first-order valence-corrected chi connectivity index (χ1v) is 7.36. The summed E-state index contributed by atoms with van der Waals surface area (Å²) in [7, 11) is 3.68. The van der Waals surface area contributed by atoms with Crippen LogP contribution in [0.15, 0.2) is 16.9 Å². The Balaban J connectivity index is 2.41. The molecule has 0 saturated carbocycles. The second kappa shape index (κ2) is 4.61. The largest absolute Gasteiger partial charge is 0.307 e. The monoisotopic (exact) mass is 297 g/mol. The van der Waals surface area contributed by atoms with E-state index in [-0.39, 0.29) is 4.87 Å². The van der Waals surface area contributed by atoms with Gasteiger partial charge in [-0.3, -0.25) is 9.48 Å². The molecule has 0 radical (unpaired) electrons. The average Bonchev–Trinajstić information content (AvgIpc) is 2.86. The minimum atomic E-state index is 0.0416. The zero-order valence-electron chi connectivity index (χ0n) is 12.4. The van der Waals surface area contributed by atoms with E-state index in [0.29, 0.717) is 0 Å². The molecule has 106 valence electrons. The van der Waals surface area contributed by atoms with E-state index in [1.807, 2.05) is 37.7 Å². The molecule has 0 atom stereocenters. The van der Waals surface area contributed by atoms with Crippen LogP contribution in [0.4, 0.5) is 0 Å². The van der Waals surface area contributed by atoms with Crippen LogP contribution >= 0.6 is 11.3 Å². The SMILES string of the molecule is C#Cc1c(C)nn(C)c1-c1cc2c(cc1C)sc(=O)n2C. The highest BCUT2D eigenvalue weighted by Gasteiger charge is 2.17. The molecule has 0 aliphatic heterocycles. The fraction of sp³-hybridized carbons (Fsp3) is 0.250. The fourth-order valence-electron chi connectivity index (χ4n) is 2.67. The number of nitrogens with zero attached hydrogens (tertiary/aromatic N) is 3. The molecule has 2 heterocycles. The third-order valence-corrected chi connectivity index (χ3v) is 4.76. The average molecular weight is 297 g/mol. The van der Waals surface area contributed by atoms with E-state index in [1.165, 1.54) is 11.3 Å². The topological polar surface area (TPSA) is 39.8 Å². The lowest BCUT2D eigenvalue weighted by atomic mass is 10.0. The summed E-state index contributed by atoms with van der Waals surface area (Å²) in [5.41, 5.74) is 5.60. The molecule has 1 aromatic carbocycles. The number of fused-ring (bicyclic) bond motifs is 1. The first kappa shape index (κ1) is 13.7. The van der Waals surface area contributed by atoms with Crippen molar-refractivity contribution in [3.63, 3.8) is 0 Å². The molecule has 0 fully saturated rings. The van der Waals surface area contributed by atoms with Crippen molar-refractivity contribution >= 4 is 21.6 Å². The molecule has 4 nitrogen and oxygen atoms in total. The van der Waals surface area contributed by atoms with Gasteiger partial charge in [0.1, 0.15) is 0 Å². The minimum Gasteiger partial charge on any atom is -0.302 e. The lowest BCUT2D eigenvalue weighted by Crippen LogP contribution is -2.06. The maximum Gasteiger partial charge on any atom is 0.307 e. The predicted octanol–water partition coefficient (Wildman–Crippen LogP) is 2.60. The van der Waals surface area contributed by atoms with Gasteiger partial charge in [0.2, 0.25) is 0 Å². The Kier molecular flexibility index (Phi) is 2.99. The van der Waals surface area contributed by atoms with Crippen LogP contribution in [0.25, 0.3) is 21.5 Å². The highest BCUT2D eigenvalue weighted by atomic mass is 32.1. The smallest absolute Gasteiger partial charge is 0.302 e. The number of hydrogen-bond donors (Lipinski definition) is 0. The van der Waals surface area contributed by atoms with Crippen LogP contribution in [-0.4, -0.2) is 14.3 Å². The number of benzene rings is 1. The van der Waals surface area contributed by atoms with E-state index in [2.05, 4.69) is 11.0 Å². The number of thiazole rings is 1. The summed E-state index contributed by atoms with van der Waals surface area (Å²) in [6.07, 6.45) is 5.64. The van der Waals surface area contributed by atoms with Crippen LogP contribution in [0.2, 0.25) is 0 Å². The van der Waals surface area contributed by atoms with Gasteiger partial charge in [-0.15, -0.1) is 6.42 Å². The predicted molar refractivity (Wildman–Crippen MR) is 86.7 cm³/mol. The highest BCUT2D eigenvalue weighted by Crippen LogP contribution is 2.32. The Hall–Kier alpha value is -2.32. The van der Waals surface area contributed by atoms with Crippen LogP contribution in [0.1, 0.15) is 16.8 Å². The Morgan fingerprint density at radius 2 is 2.00 bits per heavy atom. The van der Waals surface area contributed by atoms with Crippen molar-refractivity contribution in [3.05, 3.63) is 38.6 Å². The molecule has 0 aliphatic rings. The van der Waals surface area contributed by atoms with Gasteiger partial charge in [0, 0.05) is 19.7 Å². The number of terminal acetylenes is 1. The number of rotatable bonds is 1. The quantitative estimate of drug-likeness (QED) is 0.648. The standard InChI is InChI=1S/C16H15N3OS/c1-6-11-10(3)17-19(5)15(11)12-8-13-14(7-9(12)2)21-16(20)18(13)4/h1,7-8H,2-5H3. The maximum absolute atomic E-state index is 11.8. The van der Waals surface area contributed by atoms with E-state index < -0.39 is 0 Å². The van der Waals surface area contributed by atoms with Gasteiger partial charge in [-0.25, -0.2) is 0 Å². The maximum atomic E-state index is 11.8. The van der Waals surface area contributed by atoms with Crippen LogP contribution in [-0.2, 0) is 14.1 Å². The van der Waals surface area contributed by atoms with Crippen molar-refractivity contribution in [3.8, 4) is 23.6 Å². The fourth-order valence-corrected chi connectivity index (χ4v) is 3.63. The Labute approximate surface area is 126 Å². The van der Waals surface area contributed by atoms with Gasteiger partial charge in [0.15, 0.2) is 0 Å². The first-order valence-electron chi connectivity index (χ1n) is 6.54. The van der Waals surface area contributed by atoms with Crippen LogP contribution in [0.3, 0.4) is 0 Å². The minimum absolute atomic E-state index is 0.0416. The zero-order valence-corrected chi connectivity index (χ0v) is 13.2. The van der Waals surface area contributed by atoms with Crippen molar-refractivity contribution < 1.29 is 0 Å². The van der Waals surface area contributed by atoms with Gasteiger partial charge in [-0.1, -0.05) is 17.3 Å². The summed E-state index contributed by atoms with van der Waals surface area (Å²) in [6.45, 7) is 3.94. The molecule has 0 aliphatic carbocycles. The van der Waals surface area contributed by atoms with E-state index in [4.69, 9.17) is 6.42 Å². The van der Waals surface area contributed by atoms with E-state index in [1.54, 1.807) is 11.6 Å². The van der Waals surface area contributed by atoms with Crippen LogP contribution in [0.5, 0.6) is 0 Å². The van der Waals surface area contributed by atoms with E-state index >= 15 is 0 Å². The van der Waals surface area contributed by atoms with Crippen molar-refractivity contribution in [2.24, 2.45) is 14.1 Å². The Morgan fingerprint density at radius 1 is 1.29 bits per heavy atom.